The Bertz CT molecular complexity index is 742. The van der Waals surface area contributed by atoms with Crippen molar-refractivity contribution in [2.24, 2.45) is 0 Å². The molecule has 1 aromatic carbocycles. The Kier molecular flexibility index (Phi) is 3.65. The second-order valence-corrected chi connectivity index (χ2v) is 4.57. The maximum atomic E-state index is 5.96. The standard InChI is InChI=1S/C13H12ClN7/c1-15-11-18-12(17-10-4-2-3-9(14)7-10)20-13(19-11)21-6-5-16-8-21/h2-8H,1H3,(H2,15,17,18,19,20). The minimum atomic E-state index is 0.417. The summed E-state index contributed by atoms with van der Waals surface area (Å²) in [4.78, 5) is 16.9. The molecule has 8 heteroatoms. The van der Waals surface area contributed by atoms with Crippen LogP contribution >= 0.6 is 11.6 Å². The zero-order valence-electron chi connectivity index (χ0n) is 11.2. The Morgan fingerprint density at radius 3 is 2.71 bits per heavy atom. The summed E-state index contributed by atoms with van der Waals surface area (Å²) in [6.07, 6.45) is 5.04. The third-order valence-electron chi connectivity index (χ3n) is 2.66. The van der Waals surface area contributed by atoms with Crippen LogP contribution in [0.4, 0.5) is 17.6 Å². The average Bonchev–Trinajstić information content (AvgIpc) is 3.01. The predicted molar refractivity (Wildman–Crippen MR) is 81.2 cm³/mol. The van der Waals surface area contributed by atoms with E-state index in [9.17, 15) is 0 Å². The summed E-state index contributed by atoms with van der Waals surface area (Å²) in [5, 5.41) is 6.64. The molecule has 0 amide bonds. The largest absolute Gasteiger partial charge is 0.357 e. The van der Waals surface area contributed by atoms with Crippen molar-refractivity contribution in [3.05, 3.63) is 48.0 Å². The molecule has 2 N–H and O–H groups in total. The van der Waals surface area contributed by atoms with E-state index in [0.29, 0.717) is 22.9 Å². The molecule has 0 bridgehead atoms. The molecule has 0 radical (unpaired) electrons. The van der Waals surface area contributed by atoms with E-state index in [2.05, 4.69) is 30.6 Å². The highest BCUT2D eigenvalue weighted by atomic mass is 35.5. The molecule has 0 fully saturated rings. The van der Waals surface area contributed by atoms with E-state index in [4.69, 9.17) is 11.6 Å². The zero-order valence-corrected chi connectivity index (χ0v) is 11.9. The quantitative estimate of drug-likeness (QED) is 0.770. The van der Waals surface area contributed by atoms with Crippen LogP contribution in [0.25, 0.3) is 5.95 Å². The Hall–Kier alpha value is -2.67. The number of halogens is 1. The van der Waals surface area contributed by atoms with E-state index in [1.807, 2.05) is 12.1 Å². The van der Waals surface area contributed by atoms with Crippen LogP contribution in [-0.2, 0) is 0 Å². The molecule has 2 aromatic heterocycles. The van der Waals surface area contributed by atoms with Crippen LogP contribution in [0.5, 0.6) is 0 Å². The first-order valence-corrected chi connectivity index (χ1v) is 6.57. The molecule has 0 aliphatic heterocycles. The predicted octanol–water partition coefficient (Wildman–Crippen LogP) is 2.50. The van der Waals surface area contributed by atoms with Crippen LogP contribution < -0.4 is 10.6 Å². The molecule has 106 valence electrons. The Balaban J connectivity index is 1.96. The topological polar surface area (TPSA) is 80.5 Å². The second kappa shape index (κ2) is 5.76. The van der Waals surface area contributed by atoms with Crippen LogP contribution in [0.15, 0.2) is 43.0 Å². The molecule has 3 aromatic rings. The van der Waals surface area contributed by atoms with E-state index >= 15 is 0 Å². The third-order valence-corrected chi connectivity index (χ3v) is 2.90. The van der Waals surface area contributed by atoms with Gasteiger partial charge in [-0.05, 0) is 18.2 Å². The fourth-order valence-corrected chi connectivity index (χ4v) is 1.91. The van der Waals surface area contributed by atoms with Gasteiger partial charge < -0.3 is 10.6 Å². The average molecular weight is 302 g/mol. The normalized spacial score (nSPS) is 10.4. The lowest BCUT2D eigenvalue weighted by Crippen LogP contribution is -2.08. The van der Waals surface area contributed by atoms with Gasteiger partial charge >= 0.3 is 0 Å². The summed E-state index contributed by atoms with van der Waals surface area (Å²) < 4.78 is 1.70. The minimum absolute atomic E-state index is 0.417. The third kappa shape index (κ3) is 3.09. The fourth-order valence-electron chi connectivity index (χ4n) is 1.72. The number of imidazole rings is 1. The molecule has 7 nitrogen and oxygen atoms in total. The summed E-state index contributed by atoms with van der Waals surface area (Å²) in [5.41, 5.74) is 0.798. The molecule has 0 aliphatic rings. The molecule has 0 aliphatic carbocycles. The number of anilines is 3. The summed E-state index contributed by atoms with van der Waals surface area (Å²) in [6.45, 7) is 0. The van der Waals surface area contributed by atoms with Crippen molar-refractivity contribution in [2.45, 2.75) is 0 Å². The second-order valence-electron chi connectivity index (χ2n) is 4.14. The molecule has 0 unspecified atom stereocenters. The number of nitrogens with one attached hydrogen (secondary N) is 2. The van der Waals surface area contributed by atoms with Gasteiger partial charge in [-0.1, -0.05) is 17.7 Å². The first-order chi connectivity index (χ1) is 10.2. The number of hydrogen-bond acceptors (Lipinski definition) is 6. The van der Waals surface area contributed by atoms with Crippen LogP contribution in [-0.4, -0.2) is 31.6 Å². The summed E-state index contributed by atoms with van der Waals surface area (Å²) in [5.74, 6) is 1.34. The van der Waals surface area contributed by atoms with Crippen LogP contribution in [0, 0.1) is 0 Å². The molecule has 0 saturated heterocycles. The van der Waals surface area contributed by atoms with Crippen LogP contribution in [0.2, 0.25) is 5.02 Å². The molecule has 0 spiro atoms. The van der Waals surface area contributed by atoms with Crippen molar-refractivity contribution in [3.8, 4) is 5.95 Å². The highest BCUT2D eigenvalue weighted by Crippen LogP contribution is 2.19. The van der Waals surface area contributed by atoms with Crippen molar-refractivity contribution in [2.75, 3.05) is 17.7 Å². The molecule has 3 rings (SSSR count). The number of benzene rings is 1. The number of hydrogen-bond donors (Lipinski definition) is 2. The molecule has 0 saturated carbocycles. The number of rotatable bonds is 4. The highest BCUT2D eigenvalue weighted by molar-refractivity contribution is 6.30. The van der Waals surface area contributed by atoms with Gasteiger partial charge in [-0.25, -0.2) is 4.98 Å². The van der Waals surface area contributed by atoms with Gasteiger partial charge in [0, 0.05) is 30.2 Å². The fraction of sp³-hybridized carbons (Fsp3) is 0.0769. The van der Waals surface area contributed by atoms with E-state index in [-0.39, 0.29) is 0 Å². The molecule has 21 heavy (non-hydrogen) atoms. The Morgan fingerprint density at radius 2 is 2.00 bits per heavy atom. The van der Waals surface area contributed by atoms with Crippen molar-refractivity contribution in [3.63, 3.8) is 0 Å². The van der Waals surface area contributed by atoms with Gasteiger partial charge in [0.25, 0.3) is 0 Å². The lowest BCUT2D eigenvalue weighted by molar-refractivity contribution is 0.902. The monoisotopic (exact) mass is 301 g/mol. The van der Waals surface area contributed by atoms with Crippen molar-refractivity contribution in [1.82, 2.24) is 24.5 Å². The Labute approximate surface area is 126 Å². The number of aromatic nitrogens is 5. The van der Waals surface area contributed by atoms with Gasteiger partial charge in [0.05, 0.1) is 0 Å². The first kappa shape index (κ1) is 13.3. The van der Waals surface area contributed by atoms with Gasteiger partial charge in [0.15, 0.2) is 0 Å². The van der Waals surface area contributed by atoms with E-state index in [1.54, 1.807) is 42.5 Å². The molecule has 2 heterocycles. The van der Waals surface area contributed by atoms with E-state index in [1.165, 1.54) is 0 Å². The van der Waals surface area contributed by atoms with Crippen molar-refractivity contribution in [1.29, 1.82) is 0 Å². The first-order valence-electron chi connectivity index (χ1n) is 6.19. The molecular formula is C13H12ClN7. The van der Waals surface area contributed by atoms with Gasteiger partial charge in [0.2, 0.25) is 17.8 Å². The Morgan fingerprint density at radius 1 is 1.14 bits per heavy atom. The summed E-state index contributed by atoms with van der Waals surface area (Å²) in [6, 6.07) is 7.32. The smallest absolute Gasteiger partial charge is 0.241 e. The van der Waals surface area contributed by atoms with Crippen LogP contribution in [0.3, 0.4) is 0 Å². The zero-order chi connectivity index (χ0) is 14.7. The molecule has 0 atom stereocenters. The highest BCUT2D eigenvalue weighted by Gasteiger charge is 2.07. The van der Waals surface area contributed by atoms with E-state index in [0.717, 1.165) is 5.69 Å². The van der Waals surface area contributed by atoms with Crippen LogP contribution in [0.1, 0.15) is 0 Å². The number of nitrogens with zero attached hydrogens (tertiary/aromatic N) is 5. The van der Waals surface area contributed by atoms with Gasteiger partial charge in [0.1, 0.15) is 6.33 Å². The maximum Gasteiger partial charge on any atom is 0.241 e. The van der Waals surface area contributed by atoms with Crippen molar-refractivity contribution >= 4 is 29.2 Å². The molecular weight excluding hydrogens is 290 g/mol. The maximum absolute atomic E-state index is 5.96. The van der Waals surface area contributed by atoms with Crippen molar-refractivity contribution < 1.29 is 0 Å². The van der Waals surface area contributed by atoms with Gasteiger partial charge in [-0.3, -0.25) is 4.57 Å². The summed E-state index contributed by atoms with van der Waals surface area (Å²) >= 11 is 5.96. The lowest BCUT2D eigenvalue weighted by atomic mass is 10.3. The van der Waals surface area contributed by atoms with E-state index < -0.39 is 0 Å². The van der Waals surface area contributed by atoms with Gasteiger partial charge in [-0.15, -0.1) is 0 Å². The summed E-state index contributed by atoms with van der Waals surface area (Å²) in [7, 11) is 1.75. The SMILES string of the molecule is CNc1nc(Nc2cccc(Cl)c2)nc(-n2ccnc2)n1. The minimum Gasteiger partial charge on any atom is -0.357 e. The lowest BCUT2D eigenvalue weighted by Gasteiger charge is -2.09. The van der Waals surface area contributed by atoms with Gasteiger partial charge in [-0.2, -0.15) is 15.0 Å².